The van der Waals surface area contributed by atoms with Crippen LogP contribution in [0.3, 0.4) is 0 Å². The van der Waals surface area contributed by atoms with Crippen LogP contribution in [-0.2, 0) is 0 Å². The Kier molecular flexibility index (Phi) is 5.05. The summed E-state index contributed by atoms with van der Waals surface area (Å²) < 4.78 is 7.04. The maximum absolute atomic E-state index is 13.3. The predicted octanol–water partition coefficient (Wildman–Crippen LogP) is 6.51. The average Bonchev–Trinajstić information content (AvgIpc) is 3.19. The van der Waals surface area contributed by atoms with Crippen molar-refractivity contribution in [2.24, 2.45) is 5.10 Å². The van der Waals surface area contributed by atoms with Crippen molar-refractivity contribution in [1.82, 2.24) is 5.01 Å². The largest absolute Gasteiger partial charge is 0.461 e. The van der Waals surface area contributed by atoms with Crippen LogP contribution in [0.4, 0.5) is 0 Å². The summed E-state index contributed by atoms with van der Waals surface area (Å²) in [5.41, 5.74) is 3.33. The molecule has 0 saturated heterocycles. The molecule has 3 aromatic rings. The minimum atomic E-state index is -0.852. The Morgan fingerprint density at radius 3 is 2.43 bits per heavy atom. The molecule has 5 rings (SSSR count). The van der Waals surface area contributed by atoms with Gasteiger partial charge in [-0.3, -0.25) is 4.79 Å². The van der Waals surface area contributed by atoms with Crippen molar-refractivity contribution < 1.29 is 9.53 Å². The Morgan fingerprint density at radius 2 is 1.70 bits per heavy atom. The van der Waals surface area contributed by atoms with E-state index in [2.05, 4.69) is 15.9 Å². The number of hydrazone groups is 1. The molecule has 0 saturated carbocycles. The van der Waals surface area contributed by atoms with Crippen molar-refractivity contribution in [3.63, 3.8) is 0 Å². The number of hydrogen-bond donors (Lipinski definition) is 0. The molecular weight excluding hydrogens is 487 g/mol. The molecule has 0 aromatic heterocycles. The van der Waals surface area contributed by atoms with E-state index in [1.54, 1.807) is 23.2 Å². The first kappa shape index (κ1) is 19.6. The van der Waals surface area contributed by atoms with Crippen LogP contribution in [-0.4, -0.2) is 22.7 Å². The number of ether oxygens (including phenoxy) is 1. The third-order valence-electron chi connectivity index (χ3n) is 5.28. The highest BCUT2D eigenvalue weighted by Gasteiger charge is 2.43. The second-order valence-corrected chi connectivity index (χ2v) is 8.97. The van der Waals surface area contributed by atoms with Crippen molar-refractivity contribution in [3.8, 4) is 5.75 Å². The number of hydrogen-bond acceptors (Lipinski definition) is 4. The molecule has 0 aliphatic carbocycles. The zero-order chi connectivity index (χ0) is 20.8. The minimum absolute atomic E-state index is 0.137. The third-order valence-corrected chi connectivity index (χ3v) is 6.30. The lowest BCUT2D eigenvalue weighted by atomic mass is 9.96. The van der Waals surface area contributed by atoms with Gasteiger partial charge in [0.1, 0.15) is 5.75 Å². The molecule has 3 aromatic carbocycles. The van der Waals surface area contributed by atoms with Gasteiger partial charge in [0.15, 0.2) is 0 Å². The monoisotopic (exact) mass is 500 g/mol. The first-order valence-corrected chi connectivity index (χ1v) is 10.9. The summed E-state index contributed by atoms with van der Waals surface area (Å²) in [4.78, 5) is 13.3. The number of rotatable bonds is 3. The van der Waals surface area contributed by atoms with Gasteiger partial charge in [-0.2, -0.15) is 5.10 Å². The maximum Gasteiger partial charge on any atom is 0.251 e. The topological polar surface area (TPSA) is 41.9 Å². The lowest BCUT2D eigenvalue weighted by molar-refractivity contribution is -0.00455. The van der Waals surface area contributed by atoms with Crippen LogP contribution < -0.4 is 4.74 Å². The van der Waals surface area contributed by atoms with Crippen LogP contribution in [0.25, 0.3) is 0 Å². The summed E-state index contributed by atoms with van der Waals surface area (Å²) >= 11 is 15.7. The number of halogens is 3. The number of carbonyl (C=O) groups is 1. The number of benzene rings is 3. The highest BCUT2D eigenvalue weighted by atomic mass is 79.9. The summed E-state index contributed by atoms with van der Waals surface area (Å²) in [5.74, 6) is 0.512. The van der Waals surface area contributed by atoms with E-state index in [1.807, 2.05) is 48.5 Å². The molecule has 2 aliphatic heterocycles. The lowest BCUT2D eigenvalue weighted by Crippen LogP contribution is -2.45. The molecule has 0 spiro atoms. The van der Waals surface area contributed by atoms with Gasteiger partial charge >= 0.3 is 0 Å². The molecule has 0 N–H and O–H groups in total. The van der Waals surface area contributed by atoms with E-state index in [9.17, 15) is 4.79 Å². The molecule has 0 amide bonds. The summed E-state index contributed by atoms with van der Waals surface area (Å²) in [5, 5.41) is 7.84. The Hall–Kier alpha value is -2.34. The SMILES string of the molecule is O=C(c1ccc(Br)cc1)[C@H]1Oc2ccc(Cl)cc2[C@@H]2CC(c3ccc(Cl)cc3)=NN12. The Balaban J connectivity index is 1.57. The van der Waals surface area contributed by atoms with Gasteiger partial charge in [0.2, 0.25) is 5.78 Å². The van der Waals surface area contributed by atoms with Crippen LogP contribution in [0.5, 0.6) is 5.75 Å². The maximum atomic E-state index is 13.3. The predicted molar refractivity (Wildman–Crippen MR) is 122 cm³/mol. The standard InChI is InChI=1S/C23H15BrCl2N2O2/c24-15-5-1-14(2-6-15)22(29)23-28-20(18-11-17(26)9-10-21(18)30-23)12-19(27-28)13-3-7-16(25)8-4-13/h1-11,20,23H,12H2/t20-,23+/m0/s1. The zero-order valence-corrected chi connectivity index (χ0v) is 18.7. The van der Waals surface area contributed by atoms with Gasteiger partial charge in [-0.05, 0) is 48.0 Å². The van der Waals surface area contributed by atoms with E-state index in [0.717, 1.165) is 21.3 Å². The van der Waals surface area contributed by atoms with Crippen molar-refractivity contribution in [2.45, 2.75) is 18.7 Å². The van der Waals surface area contributed by atoms with Crippen molar-refractivity contribution >= 4 is 50.6 Å². The number of ketones is 1. The highest BCUT2D eigenvalue weighted by Crippen LogP contribution is 2.44. The second-order valence-electron chi connectivity index (χ2n) is 7.18. The molecule has 2 atom stereocenters. The average molecular weight is 502 g/mol. The van der Waals surface area contributed by atoms with Gasteiger partial charge in [0.25, 0.3) is 6.23 Å². The van der Waals surface area contributed by atoms with E-state index in [-0.39, 0.29) is 11.8 Å². The fraction of sp³-hybridized carbons (Fsp3) is 0.130. The number of Topliss-reactive ketones (excluding diaryl/α,β-unsaturated/α-hetero) is 1. The molecule has 0 fully saturated rings. The van der Waals surface area contributed by atoms with Crippen LogP contribution in [0.1, 0.15) is 33.9 Å². The number of carbonyl (C=O) groups excluding carboxylic acids is 1. The van der Waals surface area contributed by atoms with E-state index in [4.69, 9.17) is 33.0 Å². The Bertz CT molecular complexity index is 1160. The van der Waals surface area contributed by atoms with E-state index in [1.165, 1.54) is 0 Å². The molecule has 150 valence electrons. The minimum Gasteiger partial charge on any atom is -0.461 e. The molecular formula is C23H15BrCl2N2O2. The molecule has 7 heteroatoms. The lowest BCUT2D eigenvalue weighted by Gasteiger charge is -2.37. The quantitative estimate of drug-likeness (QED) is 0.384. The summed E-state index contributed by atoms with van der Waals surface area (Å²) in [6, 6.07) is 20.1. The fourth-order valence-corrected chi connectivity index (χ4v) is 4.38. The molecule has 0 radical (unpaired) electrons. The summed E-state index contributed by atoms with van der Waals surface area (Å²) in [6.07, 6.45) is -0.211. The van der Waals surface area contributed by atoms with E-state index in [0.29, 0.717) is 27.8 Å². The van der Waals surface area contributed by atoms with E-state index >= 15 is 0 Å². The van der Waals surface area contributed by atoms with Gasteiger partial charge in [0, 0.05) is 32.1 Å². The smallest absolute Gasteiger partial charge is 0.251 e. The van der Waals surface area contributed by atoms with Crippen LogP contribution in [0.15, 0.2) is 76.3 Å². The number of nitrogens with zero attached hydrogens (tertiary/aromatic N) is 2. The van der Waals surface area contributed by atoms with E-state index < -0.39 is 6.23 Å². The molecule has 2 heterocycles. The third kappa shape index (κ3) is 3.51. The first-order valence-electron chi connectivity index (χ1n) is 9.37. The van der Waals surface area contributed by atoms with Crippen molar-refractivity contribution in [1.29, 1.82) is 0 Å². The summed E-state index contributed by atoms with van der Waals surface area (Å²) in [6.45, 7) is 0. The van der Waals surface area contributed by atoms with Crippen LogP contribution in [0.2, 0.25) is 10.0 Å². The number of fused-ring (bicyclic) bond motifs is 3. The molecule has 4 nitrogen and oxygen atoms in total. The van der Waals surface area contributed by atoms with Gasteiger partial charge < -0.3 is 4.74 Å². The van der Waals surface area contributed by atoms with Gasteiger partial charge in [-0.15, -0.1) is 0 Å². The first-order chi connectivity index (χ1) is 14.5. The Labute approximate surface area is 192 Å². The van der Waals surface area contributed by atoms with Crippen molar-refractivity contribution in [3.05, 3.63) is 97.9 Å². The van der Waals surface area contributed by atoms with Gasteiger partial charge in [0.05, 0.1) is 11.8 Å². The highest BCUT2D eigenvalue weighted by molar-refractivity contribution is 9.10. The second kappa shape index (κ2) is 7.73. The molecule has 0 unspecified atom stereocenters. The normalized spacial score (nSPS) is 19.6. The zero-order valence-electron chi connectivity index (χ0n) is 15.6. The van der Waals surface area contributed by atoms with Gasteiger partial charge in [-0.25, -0.2) is 5.01 Å². The molecule has 30 heavy (non-hydrogen) atoms. The van der Waals surface area contributed by atoms with Gasteiger partial charge in [-0.1, -0.05) is 63.4 Å². The Morgan fingerprint density at radius 1 is 1.00 bits per heavy atom. The summed E-state index contributed by atoms with van der Waals surface area (Å²) in [7, 11) is 0. The molecule has 0 bridgehead atoms. The fourth-order valence-electron chi connectivity index (χ4n) is 3.80. The molecule has 2 aliphatic rings. The van der Waals surface area contributed by atoms with Crippen molar-refractivity contribution in [2.75, 3.05) is 0 Å². The van der Waals surface area contributed by atoms with Crippen LogP contribution >= 0.6 is 39.1 Å². The van der Waals surface area contributed by atoms with Crippen LogP contribution in [0, 0.1) is 0 Å².